The van der Waals surface area contributed by atoms with Crippen LogP contribution in [0.15, 0.2) is 18.2 Å². The molecule has 0 radical (unpaired) electrons. The van der Waals surface area contributed by atoms with Crippen LogP contribution in [0.2, 0.25) is 0 Å². The molecular weight excluding hydrogens is 269 g/mol. The standard InChI is InChI=1S/C16H20FN3O/c1-12-6-9-20(10-7-12)16(21)19-14-4-5-15(17)13(11-14)3-2-8-18/h4-5,11-12H,6-10,18H2,1H3,(H,19,21). The number of carbonyl (C=O) groups excluding carboxylic acids is 1. The summed E-state index contributed by atoms with van der Waals surface area (Å²) in [5.74, 6) is 5.51. The SMILES string of the molecule is CC1CCN(C(=O)Nc2ccc(F)c(C#CCN)c2)CC1. The number of rotatable bonds is 1. The molecule has 5 heteroatoms. The third-order valence-electron chi connectivity index (χ3n) is 3.61. The highest BCUT2D eigenvalue weighted by Crippen LogP contribution is 2.18. The minimum atomic E-state index is -0.416. The summed E-state index contributed by atoms with van der Waals surface area (Å²) in [6, 6.07) is 4.22. The largest absolute Gasteiger partial charge is 0.325 e. The van der Waals surface area contributed by atoms with Crippen molar-refractivity contribution in [1.82, 2.24) is 4.90 Å². The number of urea groups is 1. The van der Waals surface area contributed by atoms with E-state index < -0.39 is 5.82 Å². The predicted octanol–water partition coefficient (Wildman–Crippen LogP) is 2.40. The summed E-state index contributed by atoms with van der Waals surface area (Å²) in [6.07, 6.45) is 2.04. The molecule has 0 unspecified atom stereocenters. The highest BCUT2D eigenvalue weighted by molar-refractivity contribution is 5.89. The molecule has 4 nitrogen and oxygen atoms in total. The van der Waals surface area contributed by atoms with Crippen molar-refractivity contribution in [3.8, 4) is 11.8 Å². The summed E-state index contributed by atoms with van der Waals surface area (Å²) in [4.78, 5) is 13.9. The second kappa shape index (κ2) is 7.09. The summed E-state index contributed by atoms with van der Waals surface area (Å²) in [5.41, 5.74) is 6.07. The minimum Gasteiger partial charge on any atom is -0.325 e. The molecule has 0 spiro atoms. The van der Waals surface area contributed by atoms with E-state index in [4.69, 9.17) is 5.73 Å². The Bertz CT molecular complexity index is 569. The van der Waals surface area contributed by atoms with Gasteiger partial charge in [0.1, 0.15) is 5.82 Å². The first-order chi connectivity index (χ1) is 10.1. The van der Waals surface area contributed by atoms with Gasteiger partial charge in [-0.2, -0.15) is 0 Å². The Morgan fingerprint density at radius 3 is 2.86 bits per heavy atom. The fourth-order valence-corrected chi connectivity index (χ4v) is 2.26. The van der Waals surface area contributed by atoms with Gasteiger partial charge in [0.05, 0.1) is 12.1 Å². The molecule has 112 valence electrons. The molecule has 1 heterocycles. The Kier molecular flexibility index (Phi) is 5.18. The first-order valence-corrected chi connectivity index (χ1v) is 7.14. The van der Waals surface area contributed by atoms with Crippen LogP contribution in [0.4, 0.5) is 14.9 Å². The van der Waals surface area contributed by atoms with Crippen molar-refractivity contribution in [2.24, 2.45) is 11.7 Å². The number of nitrogens with two attached hydrogens (primary N) is 1. The van der Waals surface area contributed by atoms with Gasteiger partial charge in [-0.15, -0.1) is 0 Å². The van der Waals surface area contributed by atoms with Gasteiger partial charge in [-0.25, -0.2) is 9.18 Å². The summed E-state index contributed by atoms with van der Waals surface area (Å²) < 4.78 is 13.6. The lowest BCUT2D eigenvalue weighted by Crippen LogP contribution is -2.40. The lowest BCUT2D eigenvalue weighted by Gasteiger charge is -2.30. The molecule has 0 atom stereocenters. The maximum atomic E-state index is 13.6. The van der Waals surface area contributed by atoms with E-state index in [-0.39, 0.29) is 18.1 Å². The molecule has 0 saturated carbocycles. The quantitative estimate of drug-likeness (QED) is 0.780. The van der Waals surface area contributed by atoms with Crippen molar-refractivity contribution in [1.29, 1.82) is 0 Å². The molecule has 1 saturated heterocycles. The maximum Gasteiger partial charge on any atom is 0.321 e. The predicted molar refractivity (Wildman–Crippen MR) is 81.3 cm³/mol. The summed E-state index contributed by atoms with van der Waals surface area (Å²) in [6.45, 7) is 3.88. The molecule has 0 bridgehead atoms. The fraction of sp³-hybridized carbons (Fsp3) is 0.438. The van der Waals surface area contributed by atoms with Gasteiger partial charge in [-0.3, -0.25) is 0 Å². The highest BCUT2D eigenvalue weighted by atomic mass is 19.1. The Labute approximate surface area is 124 Å². The lowest BCUT2D eigenvalue weighted by atomic mass is 10.00. The van der Waals surface area contributed by atoms with Gasteiger partial charge in [0.2, 0.25) is 0 Å². The Morgan fingerprint density at radius 1 is 1.48 bits per heavy atom. The van der Waals surface area contributed by atoms with Crippen LogP contribution in [0.1, 0.15) is 25.3 Å². The molecule has 0 aliphatic carbocycles. The minimum absolute atomic E-state index is 0.147. The van der Waals surface area contributed by atoms with Crippen LogP contribution < -0.4 is 11.1 Å². The van der Waals surface area contributed by atoms with Crippen molar-refractivity contribution in [3.63, 3.8) is 0 Å². The molecule has 21 heavy (non-hydrogen) atoms. The van der Waals surface area contributed by atoms with Gasteiger partial charge in [0.15, 0.2) is 0 Å². The van der Waals surface area contributed by atoms with E-state index in [0.29, 0.717) is 11.6 Å². The molecule has 2 amide bonds. The Hall–Kier alpha value is -2.06. The zero-order valence-corrected chi connectivity index (χ0v) is 12.2. The lowest BCUT2D eigenvalue weighted by molar-refractivity contribution is 0.186. The number of halogens is 1. The number of nitrogens with one attached hydrogen (secondary N) is 1. The molecule has 1 aliphatic heterocycles. The summed E-state index contributed by atoms with van der Waals surface area (Å²) in [7, 11) is 0. The number of carbonyl (C=O) groups is 1. The molecule has 1 aromatic rings. The maximum absolute atomic E-state index is 13.6. The van der Waals surface area contributed by atoms with Crippen molar-refractivity contribution in [3.05, 3.63) is 29.6 Å². The molecule has 2 rings (SSSR count). The normalized spacial score (nSPS) is 15.3. The number of hydrogen-bond donors (Lipinski definition) is 2. The topological polar surface area (TPSA) is 58.4 Å². The zero-order chi connectivity index (χ0) is 15.2. The number of hydrogen-bond acceptors (Lipinski definition) is 2. The number of amides is 2. The van der Waals surface area contributed by atoms with Gasteiger partial charge in [-0.1, -0.05) is 18.8 Å². The number of anilines is 1. The van der Waals surface area contributed by atoms with Gasteiger partial charge in [0, 0.05) is 18.8 Å². The van der Waals surface area contributed by atoms with E-state index in [9.17, 15) is 9.18 Å². The highest BCUT2D eigenvalue weighted by Gasteiger charge is 2.20. The summed E-state index contributed by atoms with van der Waals surface area (Å²) in [5, 5.41) is 2.79. The van der Waals surface area contributed by atoms with E-state index in [1.165, 1.54) is 18.2 Å². The average molecular weight is 289 g/mol. The molecular formula is C16H20FN3O. The first kappa shape index (κ1) is 15.3. The molecule has 1 fully saturated rings. The molecule has 0 aromatic heterocycles. The van der Waals surface area contributed by atoms with Crippen LogP contribution >= 0.6 is 0 Å². The molecule has 3 N–H and O–H groups in total. The van der Waals surface area contributed by atoms with Crippen LogP contribution in [0.25, 0.3) is 0 Å². The van der Waals surface area contributed by atoms with E-state index in [0.717, 1.165) is 25.9 Å². The van der Waals surface area contributed by atoms with E-state index >= 15 is 0 Å². The van der Waals surface area contributed by atoms with Gasteiger partial charge in [-0.05, 0) is 37.0 Å². The van der Waals surface area contributed by atoms with Crippen molar-refractivity contribution in [2.75, 3.05) is 25.0 Å². The van der Waals surface area contributed by atoms with Crippen molar-refractivity contribution >= 4 is 11.7 Å². The van der Waals surface area contributed by atoms with Crippen LogP contribution in [-0.4, -0.2) is 30.6 Å². The number of likely N-dealkylation sites (tertiary alicyclic amines) is 1. The van der Waals surface area contributed by atoms with Crippen LogP contribution in [0.5, 0.6) is 0 Å². The fourth-order valence-electron chi connectivity index (χ4n) is 2.26. The van der Waals surface area contributed by atoms with Crippen LogP contribution in [-0.2, 0) is 0 Å². The number of benzene rings is 1. The van der Waals surface area contributed by atoms with E-state index in [1.807, 2.05) is 0 Å². The smallest absolute Gasteiger partial charge is 0.321 e. The van der Waals surface area contributed by atoms with Gasteiger partial charge < -0.3 is 16.0 Å². The van der Waals surface area contributed by atoms with Crippen molar-refractivity contribution in [2.45, 2.75) is 19.8 Å². The van der Waals surface area contributed by atoms with Crippen LogP contribution in [0, 0.1) is 23.6 Å². The second-order valence-corrected chi connectivity index (χ2v) is 5.30. The van der Waals surface area contributed by atoms with Gasteiger partial charge in [0.25, 0.3) is 0 Å². The molecule has 1 aliphatic rings. The third-order valence-corrected chi connectivity index (χ3v) is 3.61. The first-order valence-electron chi connectivity index (χ1n) is 7.14. The van der Waals surface area contributed by atoms with E-state index in [1.54, 1.807) is 4.90 Å². The number of piperidine rings is 1. The van der Waals surface area contributed by atoms with E-state index in [2.05, 4.69) is 24.1 Å². The summed E-state index contributed by atoms with van der Waals surface area (Å²) >= 11 is 0. The van der Waals surface area contributed by atoms with Crippen LogP contribution in [0.3, 0.4) is 0 Å². The number of nitrogens with zero attached hydrogens (tertiary/aromatic N) is 1. The van der Waals surface area contributed by atoms with Crippen molar-refractivity contribution < 1.29 is 9.18 Å². The monoisotopic (exact) mass is 289 g/mol. The second-order valence-electron chi connectivity index (χ2n) is 5.30. The van der Waals surface area contributed by atoms with Gasteiger partial charge >= 0.3 is 6.03 Å². The average Bonchev–Trinajstić information content (AvgIpc) is 2.48. The molecule has 1 aromatic carbocycles. The zero-order valence-electron chi connectivity index (χ0n) is 12.2. The Balaban J connectivity index is 2.04. The third kappa shape index (κ3) is 4.20. The Morgan fingerprint density at radius 2 is 2.19 bits per heavy atom.